The zero-order valence-electron chi connectivity index (χ0n) is 28.1. The van der Waals surface area contributed by atoms with Gasteiger partial charge in [0.1, 0.15) is 15.2 Å². The molecule has 0 N–H and O–H groups in total. The summed E-state index contributed by atoms with van der Waals surface area (Å²) >= 11 is 0. The van der Waals surface area contributed by atoms with Crippen molar-refractivity contribution in [3.63, 3.8) is 0 Å². The molecule has 0 aromatic rings. The third kappa shape index (κ3) is 30.6. The normalized spacial score (nSPS) is 17.2. The summed E-state index contributed by atoms with van der Waals surface area (Å²) in [5.41, 5.74) is 0. The molecule has 0 aromatic carbocycles. The average Bonchev–Trinajstić information content (AvgIpc) is 2.89. The van der Waals surface area contributed by atoms with Crippen LogP contribution in [0.3, 0.4) is 0 Å². The molecule has 0 heterocycles. The Morgan fingerprint density at radius 3 is 1.10 bits per heavy atom. The van der Waals surface area contributed by atoms with Gasteiger partial charge in [0.15, 0.2) is 0 Å². The summed E-state index contributed by atoms with van der Waals surface area (Å²) < 4.78 is 34.8. The minimum atomic E-state index is -3.67. The Labute approximate surface area is 266 Å². The number of unbranched alkanes of at least 4 members (excludes halogenated alkanes) is 8. The Kier molecular flexibility index (Phi) is 33.3. The van der Waals surface area contributed by atoms with E-state index in [2.05, 4.69) is 41.5 Å². The third-order valence-corrected chi connectivity index (χ3v) is 10.9. The van der Waals surface area contributed by atoms with Crippen molar-refractivity contribution >= 4 is 15.2 Å². The molecule has 0 bridgehead atoms. The van der Waals surface area contributed by atoms with E-state index in [1.165, 1.54) is 38.5 Å². The van der Waals surface area contributed by atoms with Crippen LogP contribution in [0.2, 0.25) is 0 Å². The quantitative estimate of drug-likeness (QED) is 0.0671. The summed E-state index contributed by atoms with van der Waals surface area (Å²) in [6.07, 6.45) is 19.3. The molecule has 0 saturated heterocycles. The standard InChI is InChI=1S/2C16H35O3P.Co/c2*1-5-8-10-11-12-15(4)19-20(17,18)14-16(7-3)13-9-6-2;/h2*15-16H,5-14H2,1-4H3,(H,17,18);/q;;+2/p-2. The van der Waals surface area contributed by atoms with E-state index in [0.717, 1.165) is 77.0 Å². The molecular formula is C32H68CoO6P2. The Balaban J connectivity index is -0.000000688. The van der Waals surface area contributed by atoms with Gasteiger partial charge in [0.05, 0.1) is 12.2 Å². The van der Waals surface area contributed by atoms with Crippen molar-refractivity contribution in [2.75, 3.05) is 12.3 Å². The first-order valence-corrected chi connectivity index (χ1v) is 20.3. The molecule has 0 aromatic heterocycles. The van der Waals surface area contributed by atoms with Crippen LogP contribution in [0.25, 0.3) is 0 Å². The predicted octanol–water partition coefficient (Wildman–Crippen LogP) is 10.3. The molecule has 0 aliphatic rings. The van der Waals surface area contributed by atoms with E-state index in [0.29, 0.717) is 0 Å². The Hall–Kier alpha value is 0.806. The SMILES string of the molecule is CCCCCCC(C)OP(=O)([O-])CC(CC)CCCC.CCCCCCC(C)OP(=O)([O-])CC(CC)CCCC.[Co+2]. The maximum absolute atomic E-state index is 12.1. The van der Waals surface area contributed by atoms with Crippen molar-refractivity contribution in [1.82, 2.24) is 0 Å². The van der Waals surface area contributed by atoms with Crippen molar-refractivity contribution in [3.8, 4) is 0 Å². The predicted molar refractivity (Wildman–Crippen MR) is 170 cm³/mol. The van der Waals surface area contributed by atoms with Gasteiger partial charge in [-0.15, -0.1) is 0 Å². The number of hydrogen-bond donors (Lipinski definition) is 0. The van der Waals surface area contributed by atoms with Crippen LogP contribution in [-0.4, -0.2) is 24.5 Å². The first kappa shape index (κ1) is 46.2. The Morgan fingerprint density at radius 2 is 0.829 bits per heavy atom. The number of rotatable bonds is 26. The smallest absolute Gasteiger partial charge is 0.778 e. The van der Waals surface area contributed by atoms with Gasteiger partial charge in [0.25, 0.3) is 0 Å². The van der Waals surface area contributed by atoms with E-state index in [-0.39, 0.29) is 53.1 Å². The van der Waals surface area contributed by atoms with Crippen LogP contribution in [0.5, 0.6) is 0 Å². The van der Waals surface area contributed by atoms with Crippen LogP contribution in [0.15, 0.2) is 0 Å². The molecule has 0 spiro atoms. The first-order chi connectivity index (χ1) is 18.9. The summed E-state index contributed by atoms with van der Waals surface area (Å²) in [4.78, 5) is 24.1. The van der Waals surface area contributed by atoms with Gasteiger partial charge in [0.2, 0.25) is 0 Å². The Morgan fingerprint density at radius 1 is 0.512 bits per heavy atom. The summed E-state index contributed by atoms with van der Waals surface area (Å²) in [5, 5.41) is 0. The molecule has 1 radical (unpaired) electrons. The Bertz CT molecular complexity index is 598. The van der Waals surface area contributed by atoms with Gasteiger partial charge in [-0.1, -0.05) is 131 Å². The van der Waals surface area contributed by atoms with Gasteiger partial charge in [-0.05, 0) is 51.4 Å². The van der Waals surface area contributed by atoms with Gasteiger partial charge in [0, 0.05) is 12.3 Å². The van der Waals surface area contributed by atoms with Crippen LogP contribution >= 0.6 is 15.2 Å². The van der Waals surface area contributed by atoms with Gasteiger partial charge < -0.3 is 28.0 Å². The molecule has 6 nitrogen and oxygen atoms in total. The van der Waals surface area contributed by atoms with E-state index in [4.69, 9.17) is 9.05 Å². The van der Waals surface area contributed by atoms with Crippen LogP contribution in [0, 0.1) is 11.8 Å². The van der Waals surface area contributed by atoms with E-state index < -0.39 is 15.2 Å². The molecule has 0 rings (SSSR count). The first-order valence-electron chi connectivity index (χ1n) is 16.9. The van der Waals surface area contributed by atoms with Crippen molar-refractivity contribution in [1.29, 1.82) is 0 Å². The van der Waals surface area contributed by atoms with Crippen LogP contribution in [-0.2, 0) is 35.0 Å². The van der Waals surface area contributed by atoms with E-state index >= 15 is 0 Å². The van der Waals surface area contributed by atoms with E-state index in [1.54, 1.807) is 0 Å². The van der Waals surface area contributed by atoms with Crippen molar-refractivity contribution in [2.45, 2.75) is 183 Å². The second-order valence-electron chi connectivity index (χ2n) is 12.0. The molecule has 6 unspecified atom stereocenters. The average molecular weight is 670 g/mol. The molecule has 0 saturated carbocycles. The summed E-state index contributed by atoms with van der Waals surface area (Å²) in [5.74, 6) is 0.510. The van der Waals surface area contributed by atoms with Gasteiger partial charge in [-0.25, -0.2) is 0 Å². The zero-order chi connectivity index (χ0) is 30.9. The molecule has 9 heteroatoms. The van der Waals surface area contributed by atoms with Gasteiger partial charge in [-0.2, -0.15) is 0 Å². The molecule has 251 valence electrons. The fourth-order valence-electron chi connectivity index (χ4n) is 4.92. The monoisotopic (exact) mass is 669 g/mol. The second-order valence-corrected chi connectivity index (χ2v) is 15.5. The van der Waals surface area contributed by atoms with Crippen molar-refractivity contribution < 1.29 is 44.7 Å². The van der Waals surface area contributed by atoms with Crippen molar-refractivity contribution in [3.05, 3.63) is 0 Å². The zero-order valence-corrected chi connectivity index (χ0v) is 31.0. The summed E-state index contributed by atoms with van der Waals surface area (Å²) in [7, 11) is -7.33. The summed E-state index contributed by atoms with van der Waals surface area (Å²) in [6, 6.07) is 0. The molecule has 0 amide bonds. The molecule has 0 fully saturated rings. The molecule has 41 heavy (non-hydrogen) atoms. The van der Waals surface area contributed by atoms with E-state index in [9.17, 15) is 18.9 Å². The summed E-state index contributed by atoms with van der Waals surface area (Å²) in [6.45, 7) is 16.5. The van der Waals surface area contributed by atoms with Crippen LogP contribution in [0.4, 0.5) is 0 Å². The molecular weight excluding hydrogens is 601 g/mol. The van der Waals surface area contributed by atoms with E-state index in [1.807, 2.05) is 13.8 Å². The third-order valence-electron chi connectivity index (χ3n) is 7.66. The topological polar surface area (TPSA) is 98.7 Å². The van der Waals surface area contributed by atoms with Gasteiger partial charge in [-0.3, -0.25) is 0 Å². The molecule has 6 atom stereocenters. The maximum Gasteiger partial charge on any atom is 2.00 e. The number of hydrogen-bond acceptors (Lipinski definition) is 6. The fraction of sp³-hybridized carbons (Fsp3) is 1.00. The second kappa shape index (κ2) is 29.5. The minimum absolute atomic E-state index is 0. The molecule has 0 aliphatic carbocycles. The minimum Gasteiger partial charge on any atom is -0.778 e. The maximum atomic E-state index is 12.1. The van der Waals surface area contributed by atoms with Gasteiger partial charge >= 0.3 is 16.8 Å². The van der Waals surface area contributed by atoms with Crippen LogP contribution in [0.1, 0.15) is 171 Å². The molecule has 0 aliphatic heterocycles. The fourth-order valence-corrected chi connectivity index (χ4v) is 8.55. The van der Waals surface area contributed by atoms with Crippen molar-refractivity contribution in [2.24, 2.45) is 11.8 Å². The largest absolute Gasteiger partial charge is 2.00 e. The van der Waals surface area contributed by atoms with Crippen LogP contribution < -0.4 is 9.79 Å².